The standard InChI is InChI=1S/C15H15ClN2O2/c1-9-3-4-11(8-13(9)16)17-15(20)18-14-6-5-12(19)7-10(14)2/h3-8,19H,1-2H3,(H2,17,18,20). The first kappa shape index (κ1) is 14.2. The molecule has 0 aliphatic rings. The van der Waals surface area contributed by atoms with Crippen LogP contribution in [0, 0.1) is 13.8 Å². The van der Waals surface area contributed by atoms with Crippen molar-refractivity contribution in [3.05, 3.63) is 52.5 Å². The summed E-state index contributed by atoms with van der Waals surface area (Å²) < 4.78 is 0. The summed E-state index contributed by atoms with van der Waals surface area (Å²) in [5.41, 5.74) is 2.99. The summed E-state index contributed by atoms with van der Waals surface area (Å²) in [5.74, 6) is 0.166. The lowest BCUT2D eigenvalue weighted by Crippen LogP contribution is -2.19. The van der Waals surface area contributed by atoms with E-state index in [9.17, 15) is 9.90 Å². The number of benzene rings is 2. The molecule has 0 spiro atoms. The molecule has 3 N–H and O–H groups in total. The van der Waals surface area contributed by atoms with E-state index >= 15 is 0 Å². The molecule has 5 heteroatoms. The highest BCUT2D eigenvalue weighted by molar-refractivity contribution is 6.31. The predicted octanol–water partition coefficient (Wildman–Crippen LogP) is 4.31. The van der Waals surface area contributed by atoms with Crippen molar-refractivity contribution < 1.29 is 9.90 Å². The van der Waals surface area contributed by atoms with Crippen LogP contribution in [-0.2, 0) is 0 Å². The third-order valence-corrected chi connectivity index (χ3v) is 3.30. The van der Waals surface area contributed by atoms with Gasteiger partial charge in [0.1, 0.15) is 5.75 Å². The summed E-state index contributed by atoms with van der Waals surface area (Å²) in [6.45, 7) is 3.70. The maximum Gasteiger partial charge on any atom is 0.323 e. The number of carbonyl (C=O) groups is 1. The van der Waals surface area contributed by atoms with Crippen LogP contribution in [0.2, 0.25) is 5.02 Å². The van der Waals surface area contributed by atoms with Crippen molar-refractivity contribution in [2.24, 2.45) is 0 Å². The first-order valence-corrected chi connectivity index (χ1v) is 6.47. The summed E-state index contributed by atoms with van der Waals surface area (Å²) in [6, 6.07) is 9.70. The summed E-state index contributed by atoms with van der Waals surface area (Å²) in [5, 5.41) is 15.3. The van der Waals surface area contributed by atoms with Gasteiger partial charge in [-0.25, -0.2) is 4.79 Å². The van der Waals surface area contributed by atoms with Crippen LogP contribution in [-0.4, -0.2) is 11.1 Å². The van der Waals surface area contributed by atoms with Crippen LogP contribution in [0.1, 0.15) is 11.1 Å². The maximum absolute atomic E-state index is 11.9. The minimum absolute atomic E-state index is 0.166. The lowest BCUT2D eigenvalue weighted by atomic mass is 10.2. The van der Waals surface area contributed by atoms with Crippen molar-refractivity contribution in [1.29, 1.82) is 0 Å². The molecule has 0 aliphatic heterocycles. The fraction of sp³-hybridized carbons (Fsp3) is 0.133. The molecule has 2 aromatic rings. The van der Waals surface area contributed by atoms with Crippen LogP contribution in [0.4, 0.5) is 16.2 Å². The molecule has 2 rings (SSSR count). The average Bonchev–Trinajstić information content (AvgIpc) is 2.37. The molecule has 0 saturated carbocycles. The summed E-state index contributed by atoms with van der Waals surface area (Å²) in [4.78, 5) is 11.9. The van der Waals surface area contributed by atoms with Gasteiger partial charge in [0.15, 0.2) is 0 Å². The highest BCUT2D eigenvalue weighted by Crippen LogP contribution is 2.22. The number of anilines is 2. The number of rotatable bonds is 2. The number of halogens is 1. The third-order valence-electron chi connectivity index (χ3n) is 2.89. The lowest BCUT2D eigenvalue weighted by molar-refractivity contribution is 0.262. The van der Waals surface area contributed by atoms with Crippen LogP contribution in [0.3, 0.4) is 0 Å². The number of hydrogen-bond donors (Lipinski definition) is 3. The zero-order valence-electron chi connectivity index (χ0n) is 11.2. The normalized spacial score (nSPS) is 10.2. The van der Waals surface area contributed by atoms with Gasteiger partial charge in [-0.05, 0) is 55.3 Å². The molecule has 4 nitrogen and oxygen atoms in total. The van der Waals surface area contributed by atoms with Crippen LogP contribution >= 0.6 is 11.6 Å². The molecule has 20 heavy (non-hydrogen) atoms. The molecule has 0 radical (unpaired) electrons. The van der Waals surface area contributed by atoms with Gasteiger partial charge < -0.3 is 15.7 Å². The second kappa shape index (κ2) is 5.84. The van der Waals surface area contributed by atoms with E-state index in [0.29, 0.717) is 16.4 Å². The van der Waals surface area contributed by atoms with E-state index in [0.717, 1.165) is 11.1 Å². The van der Waals surface area contributed by atoms with Gasteiger partial charge in [0.25, 0.3) is 0 Å². The topological polar surface area (TPSA) is 61.4 Å². The highest BCUT2D eigenvalue weighted by atomic mass is 35.5. The van der Waals surface area contributed by atoms with Crippen molar-refractivity contribution >= 4 is 29.0 Å². The van der Waals surface area contributed by atoms with Crippen molar-refractivity contribution in [3.63, 3.8) is 0 Å². The Balaban J connectivity index is 2.07. The molecule has 0 unspecified atom stereocenters. The number of phenols is 1. The lowest BCUT2D eigenvalue weighted by Gasteiger charge is -2.10. The second-order valence-corrected chi connectivity index (χ2v) is 4.95. The van der Waals surface area contributed by atoms with E-state index in [1.165, 1.54) is 6.07 Å². The quantitative estimate of drug-likeness (QED) is 0.722. The van der Waals surface area contributed by atoms with Crippen molar-refractivity contribution in [1.82, 2.24) is 0 Å². The fourth-order valence-corrected chi connectivity index (χ4v) is 1.92. The number of aryl methyl sites for hydroxylation is 2. The summed E-state index contributed by atoms with van der Waals surface area (Å²) >= 11 is 6.00. The van der Waals surface area contributed by atoms with E-state index in [4.69, 9.17) is 11.6 Å². The largest absolute Gasteiger partial charge is 0.508 e. The van der Waals surface area contributed by atoms with Crippen molar-refractivity contribution in [2.45, 2.75) is 13.8 Å². The number of carbonyl (C=O) groups excluding carboxylic acids is 1. The Morgan fingerprint density at radius 2 is 1.80 bits per heavy atom. The number of nitrogens with one attached hydrogen (secondary N) is 2. The van der Waals surface area contributed by atoms with E-state index in [-0.39, 0.29) is 11.8 Å². The molecule has 2 aromatic carbocycles. The van der Waals surface area contributed by atoms with Gasteiger partial charge in [-0.1, -0.05) is 17.7 Å². The van der Waals surface area contributed by atoms with E-state index in [1.807, 2.05) is 13.0 Å². The zero-order chi connectivity index (χ0) is 14.7. The smallest absolute Gasteiger partial charge is 0.323 e. The van der Waals surface area contributed by atoms with Crippen molar-refractivity contribution in [2.75, 3.05) is 10.6 Å². The molecular formula is C15H15ClN2O2. The number of aromatic hydroxyl groups is 1. The molecule has 0 atom stereocenters. The van der Waals surface area contributed by atoms with E-state index in [2.05, 4.69) is 10.6 Å². The Labute approximate surface area is 122 Å². The Morgan fingerprint density at radius 1 is 1.05 bits per heavy atom. The Kier molecular flexibility index (Phi) is 4.15. The second-order valence-electron chi connectivity index (χ2n) is 4.54. The molecule has 2 amide bonds. The van der Waals surface area contributed by atoms with Crippen LogP contribution in [0.5, 0.6) is 5.75 Å². The minimum atomic E-state index is -0.362. The summed E-state index contributed by atoms with van der Waals surface area (Å²) in [7, 11) is 0. The molecule has 0 bridgehead atoms. The van der Waals surface area contributed by atoms with Gasteiger partial charge in [-0.3, -0.25) is 0 Å². The van der Waals surface area contributed by atoms with Gasteiger partial charge in [0.05, 0.1) is 0 Å². The Bertz CT molecular complexity index is 656. The van der Waals surface area contributed by atoms with Crippen LogP contribution in [0.25, 0.3) is 0 Å². The third kappa shape index (κ3) is 3.42. The van der Waals surface area contributed by atoms with E-state index < -0.39 is 0 Å². The van der Waals surface area contributed by atoms with Gasteiger partial charge in [0, 0.05) is 16.4 Å². The molecule has 0 heterocycles. The number of phenolic OH excluding ortho intramolecular Hbond substituents is 1. The molecular weight excluding hydrogens is 276 g/mol. The Morgan fingerprint density at radius 3 is 2.45 bits per heavy atom. The number of urea groups is 1. The van der Waals surface area contributed by atoms with Gasteiger partial charge in [-0.2, -0.15) is 0 Å². The zero-order valence-corrected chi connectivity index (χ0v) is 12.0. The predicted molar refractivity (Wildman–Crippen MR) is 81.7 cm³/mol. The number of amides is 2. The Hall–Kier alpha value is -2.20. The van der Waals surface area contributed by atoms with Crippen LogP contribution in [0.15, 0.2) is 36.4 Å². The molecule has 0 aliphatic carbocycles. The minimum Gasteiger partial charge on any atom is -0.508 e. The molecule has 104 valence electrons. The molecule has 0 aromatic heterocycles. The summed E-state index contributed by atoms with van der Waals surface area (Å²) in [6.07, 6.45) is 0. The van der Waals surface area contributed by atoms with Gasteiger partial charge in [-0.15, -0.1) is 0 Å². The van der Waals surface area contributed by atoms with Crippen molar-refractivity contribution in [3.8, 4) is 5.75 Å². The van der Waals surface area contributed by atoms with Crippen LogP contribution < -0.4 is 10.6 Å². The maximum atomic E-state index is 11.9. The monoisotopic (exact) mass is 290 g/mol. The average molecular weight is 291 g/mol. The van der Waals surface area contributed by atoms with E-state index in [1.54, 1.807) is 31.2 Å². The van der Waals surface area contributed by atoms with Gasteiger partial charge in [0.2, 0.25) is 0 Å². The van der Waals surface area contributed by atoms with Gasteiger partial charge >= 0.3 is 6.03 Å². The first-order chi connectivity index (χ1) is 9.45. The molecule has 0 saturated heterocycles. The first-order valence-electron chi connectivity index (χ1n) is 6.09. The molecule has 0 fully saturated rings. The highest BCUT2D eigenvalue weighted by Gasteiger charge is 2.06. The SMILES string of the molecule is Cc1ccc(NC(=O)Nc2ccc(O)cc2C)cc1Cl. The fourth-order valence-electron chi connectivity index (χ4n) is 1.74. The number of hydrogen-bond acceptors (Lipinski definition) is 2.